The second-order valence-electron chi connectivity index (χ2n) is 6.30. The number of carbonyl (C=O) groups is 1. The van der Waals surface area contributed by atoms with Gasteiger partial charge in [0.1, 0.15) is 0 Å². The summed E-state index contributed by atoms with van der Waals surface area (Å²) in [4.78, 5) is 17.1. The van der Waals surface area contributed by atoms with E-state index in [4.69, 9.17) is 0 Å². The van der Waals surface area contributed by atoms with Gasteiger partial charge in [-0.25, -0.2) is 0 Å². The molecule has 20 heavy (non-hydrogen) atoms. The lowest BCUT2D eigenvalue weighted by Gasteiger charge is -2.33. The normalized spacial score (nSPS) is 25.8. The standard InChI is InChI=1S/C16H31N3O/c1-3-18(13-15-9-8-10-17-15)14(2)16(20)19-11-6-4-5-7-12-19/h14-15,17H,3-13H2,1-2H3. The van der Waals surface area contributed by atoms with Crippen LogP contribution in [-0.2, 0) is 4.79 Å². The molecular weight excluding hydrogens is 250 g/mol. The van der Waals surface area contributed by atoms with Crippen molar-refractivity contribution in [3.05, 3.63) is 0 Å². The molecule has 2 aliphatic heterocycles. The molecule has 2 unspecified atom stereocenters. The number of amides is 1. The molecule has 0 saturated carbocycles. The third-order valence-corrected chi connectivity index (χ3v) is 4.85. The van der Waals surface area contributed by atoms with E-state index in [-0.39, 0.29) is 6.04 Å². The number of nitrogens with zero attached hydrogens (tertiary/aromatic N) is 2. The second-order valence-corrected chi connectivity index (χ2v) is 6.30. The Balaban J connectivity index is 1.88. The Morgan fingerprint density at radius 2 is 1.95 bits per heavy atom. The molecule has 0 bridgehead atoms. The molecule has 2 heterocycles. The molecular formula is C16H31N3O. The van der Waals surface area contributed by atoms with Crippen LogP contribution in [0.4, 0.5) is 0 Å². The van der Waals surface area contributed by atoms with Crippen molar-refractivity contribution in [3.63, 3.8) is 0 Å². The molecule has 2 rings (SSSR count). The summed E-state index contributed by atoms with van der Waals surface area (Å²) in [7, 11) is 0. The van der Waals surface area contributed by atoms with Crippen molar-refractivity contribution in [3.8, 4) is 0 Å². The average molecular weight is 281 g/mol. The zero-order valence-electron chi connectivity index (χ0n) is 13.2. The topological polar surface area (TPSA) is 35.6 Å². The van der Waals surface area contributed by atoms with Crippen molar-refractivity contribution < 1.29 is 4.79 Å². The monoisotopic (exact) mass is 281 g/mol. The molecule has 0 spiro atoms. The first-order chi connectivity index (χ1) is 9.72. The Bertz CT molecular complexity index is 294. The van der Waals surface area contributed by atoms with E-state index in [1.165, 1.54) is 38.5 Å². The Labute approximate surface area is 123 Å². The first-order valence-electron chi connectivity index (χ1n) is 8.48. The van der Waals surface area contributed by atoms with Crippen molar-refractivity contribution in [2.24, 2.45) is 0 Å². The number of hydrogen-bond acceptors (Lipinski definition) is 3. The van der Waals surface area contributed by atoms with Crippen LogP contribution in [0.1, 0.15) is 52.4 Å². The smallest absolute Gasteiger partial charge is 0.239 e. The predicted octanol–water partition coefficient (Wildman–Crippen LogP) is 1.85. The first kappa shape index (κ1) is 15.8. The molecule has 0 aromatic carbocycles. The van der Waals surface area contributed by atoms with E-state index in [1.807, 2.05) is 0 Å². The Hall–Kier alpha value is -0.610. The molecule has 2 fully saturated rings. The van der Waals surface area contributed by atoms with Crippen LogP contribution in [0.5, 0.6) is 0 Å². The van der Waals surface area contributed by atoms with Crippen molar-refractivity contribution >= 4 is 5.91 Å². The van der Waals surface area contributed by atoms with Gasteiger partial charge in [-0.2, -0.15) is 0 Å². The molecule has 4 nitrogen and oxygen atoms in total. The third kappa shape index (κ3) is 4.19. The minimum absolute atomic E-state index is 0.0282. The highest BCUT2D eigenvalue weighted by Crippen LogP contribution is 2.14. The Kier molecular flexibility index (Phi) is 6.30. The minimum atomic E-state index is 0.0282. The zero-order valence-corrected chi connectivity index (χ0v) is 13.2. The van der Waals surface area contributed by atoms with Crippen LogP contribution < -0.4 is 5.32 Å². The van der Waals surface area contributed by atoms with Gasteiger partial charge in [0, 0.05) is 25.7 Å². The molecule has 1 amide bonds. The summed E-state index contributed by atoms with van der Waals surface area (Å²) >= 11 is 0. The van der Waals surface area contributed by atoms with E-state index in [0.29, 0.717) is 11.9 Å². The third-order valence-electron chi connectivity index (χ3n) is 4.85. The van der Waals surface area contributed by atoms with Gasteiger partial charge in [0.05, 0.1) is 6.04 Å². The van der Waals surface area contributed by atoms with Crippen LogP contribution in [0.25, 0.3) is 0 Å². The fourth-order valence-electron chi connectivity index (χ4n) is 3.47. The van der Waals surface area contributed by atoms with E-state index < -0.39 is 0 Å². The molecule has 2 atom stereocenters. The minimum Gasteiger partial charge on any atom is -0.341 e. The number of likely N-dealkylation sites (N-methyl/N-ethyl adjacent to an activating group) is 1. The molecule has 0 aromatic heterocycles. The summed E-state index contributed by atoms with van der Waals surface area (Å²) in [6.45, 7) is 9.28. The van der Waals surface area contributed by atoms with Crippen LogP contribution in [0.3, 0.4) is 0 Å². The molecule has 2 saturated heterocycles. The van der Waals surface area contributed by atoms with Gasteiger partial charge in [0.2, 0.25) is 5.91 Å². The highest BCUT2D eigenvalue weighted by molar-refractivity contribution is 5.81. The molecule has 4 heteroatoms. The lowest BCUT2D eigenvalue weighted by atomic mass is 10.1. The summed E-state index contributed by atoms with van der Waals surface area (Å²) in [5.74, 6) is 0.340. The van der Waals surface area contributed by atoms with E-state index >= 15 is 0 Å². The van der Waals surface area contributed by atoms with Crippen LogP contribution in [0.15, 0.2) is 0 Å². The van der Waals surface area contributed by atoms with Crippen molar-refractivity contribution in [2.75, 3.05) is 32.7 Å². The van der Waals surface area contributed by atoms with Crippen LogP contribution in [0, 0.1) is 0 Å². The maximum absolute atomic E-state index is 12.7. The van der Waals surface area contributed by atoms with E-state index in [9.17, 15) is 4.79 Å². The predicted molar refractivity (Wildman–Crippen MR) is 82.8 cm³/mol. The summed E-state index contributed by atoms with van der Waals surface area (Å²) in [5, 5.41) is 3.54. The Morgan fingerprint density at radius 1 is 1.25 bits per heavy atom. The van der Waals surface area contributed by atoms with E-state index in [2.05, 4.69) is 29.0 Å². The summed E-state index contributed by atoms with van der Waals surface area (Å²) in [5.41, 5.74) is 0. The van der Waals surface area contributed by atoms with Gasteiger partial charge < -0.3 is 10.2 Å². The van der Waals surface area contributed by atoms with Gasteiger partial charge >= 0.3 is 0 Å². The van der Waals surface area contributed by atoms with Gasteiger partial charge in [-0.15, -0.1) is 0 Å². The lowest BCUT2D eigenvalue weighted by Crippen LogP contribution is -2.50. The van der Waals surface area contributed by atoms with Gasteiger partial charge in [0.15, 0.2) is 0 Å². The summed E-state index contributed by atoms with van der Waals surface area (Å²) in [6.07, 6.45) is 7.44. The number of rotatable bonds is 5. The lowest BCUT2D eigenvalue weighted by molar-refractivity contribution is -0.136. The highest BCUT2D eigenvalue weighted by atomic mass is 16.2. The molecule has 0 aromatic rings. The SMILES string of the molecule is CCN(CC1CCCN1)C(C)C(=O)N1CCCCCC1. The number of nitrogens with one attached hydrogen (secondary N) is 1. The van der Waals surface area contributed by atoms with Gasteiger partial charge in [0.25, 0.3) is 0 Å². The van der Waals surface area contributed by atoms with E-state index in [1.54, 1.807) is 0 Å². The average Bonchev–Trinajstić information content (AvgIpc) is 2.83. The van der Waals surface area contributed by atoms with Crippen molar-refractivity contribution in [2.45, 2.75) is 64.5 Å². The summed E-state index contributed by atoms with van der Waals surface area (Å²) < 4.78 is 0. The largest absolute Gasteiger partial charge is 0.341 e. The Morgan fingerprint density at radius 3 is 2.50 bits per heavy atom. The highest BCUT2D eigenvalue weighted by Gasteiger charge is 2.27. The quantitative estimate of drug-likeness (QED) is 0.835. The van der Waals surface area contributed by atoms with E-state index in [0.717, 1.165) is 32.7 Å². The maximum atomic E-state index is 12.7. The van der Waals surface area contributed by atoms with Gasteiger partial charge in [-0.1, -0.05) is 19.8 Å². The molecule has 2 aliphatic rings. The van der Waals surface area contributed by atoms with Crippen LogP contribution in [-0.4, -0.2) is 60.5 Å². The molecule has 1 N–H and O–H groups in total. The second kappa shape index (κ2) is 7.99. The number of hydrogen-bond donors (Lipinski definition) is 1. The molecule has 0 radical (unpaired) electrons. The fraction of sp³-hybridized carbons (Fsp3) is 0.938. The van der Waals surface area contributed by atoms with Crippen LogP contribution >= 0.6 is 0 Å². The number of likely N-dealkylation sites (tertiary alicyclic amines) is 1. The molecule has 0 aliphatic carbocycles. The van der Waals surface area contributed by atoms with Gasteiger partial charge in [-0.3, -0.25) is 9.69 Å². The maximum Gasteiger partial charge on any atom is 0.239 e. The van der Waals surface area contributed by atoms with Crippen LogP contribution in [0.2, 0.25) is 0 Å². The fourth-order valence-corrected chi connectivity index (χ4v) is 3.47. The zero-order chi connectivity index (χ0) is 14.4. The number of carbonyl (C=O) groups excluding carboxylic acids is 1. The molecule has 116 valence electrons. The van der Waals surface area contributed by atoms with Crippen molar-refractivity contribution in [1.29, 1.82) is 0 Å². The first-order valence-corrected chi connectivity index (χ1v) is 8.48. The van der Waals surface area contributed by atoms with Gasteiger partial charge in [-0.05, 0) is 45.7 Å². The summed E-state index contributed by atoms with van der Waals surface area (Å²) in [6, 6.07) is 0.606. The van der Waals surface area contributed by atoms with Crippen molar-refractivity contribution in [1.82, 2.24) is 15.1 Å².